The molecule has 3 aliphatic carbocycles. The van der Waals surface area contributed by atoms with Gasteiger partial charge in [-0.05, 0) is 25.0 Å². The van der Waals surface area contributed by atoms with Crippen molar-refractivity contribution in [2.45, 2.75) is 80.5 Å². The quantitative estimate of drug-likeness (QED) is 0.286. The summed E-state index contributed by atoms with van der Waals surface area (Å²) < 4.78 is 32.6. The van der Waals surface area contributed by atoms with Crippen LogP contribution in [-0.4, -0.2) is 80.5 Å². The predicted octanol–water partition coefficient (Wildman–Crippen LogP) is 0.874. The molecule has 3 heterocycles. The van der Waals surface area contributed by atoms with Gasteiger partial charge in [0.25, 0.3) is 0 Å². The van der Waals surface area contributed by atoms with Gasteiger partial charge in [0, 0.05) is 30.2 Å². The Balaban J connectivity index is 1.57. The normalized spacial score (nSPS) is 52.3. The number of esters is 1. The summed E-state index contributed by atoms with van der Waals surface area (Å²) in [5.74, 6) is -5.64. The number of benzene rings is 1. The van der Waals surface area contributed by atoms with Crippen molar-refractivity contribution in [1.29, 1.82) is 0 Å². The number of fused-ring (bicyclic) bond motifs is 3. The summed E-state index contributed by atoms with van der Waals surface area (Å²) in [6, 6.07) is 8.99. The lowest BCUT2D eigenvalue weighted by Gasteiger charge is -2.61. The third kappa shape index (κ3) is 2.58. The first-order chi connectivity index (χ1) is 18.4. The maximum absolute atomic E-state index is 13.6. The highest BCUT2D eigenvalue weighted by atomic mass is 16.9. The lowest BCUT2D eigenvalue weighted by Crippen LogP contribution is -2.76. The van der Waals surface area contributed by atoms with Gasteiger partial charge in [-0.15, -0.1) is 0 Å². The number of aliphatic hydroxyl groups excluding tert-OH is 2. The molecule has 3 aliphatic heterocycles. The fraction of sp³-hybridized carbons (Fsp3) is 0.586. The number of carbonyl (C=O) groups excluding carboxylic acids is 2. The number of hydrogen-bond acceptors (Lipinski definition) is 10. The second-order valence-corrected chi connectivity index (χ2v) is 12.0. The summed E-state index contributed by atoms with van der Waals surface area (Å²) in [7, 11) is 0. The molecular weight excluding hydrogens is 508 g/mol. The molecule has 0 unspecified atom stereocenters. The van der Waals surface area contributed by atoms with Gasteiger partial charge < -0.3 is 39.0 Å². The third-order valence-electron chi connectivity index (χ3n) is 10.2. The van der Waals surface area contributed by atoms with Gasteiger partial charge in [0.15, 0.2) is 17.0 Å². The molecule has 39 heavy (non-hydrogen) atoms. The molecule has 1 aromatic rings. The second-order valence-electron chi connectivity index (χ2n) is 12.0. The van der Waals surface area contributed by atoms with E-state index in [2.05, 4.69) is 6.58 Å². The van der Waals surface area contributed by atoms with Gasteiger partial charge in [-0.1, -0.05) is 49.9 Å². The van der Waals surface area contributed by atoms with Gasteiger partial charge in [0.05, 0.1) is 12.2 Å². The Morgan fingerprint density at radius 1 is 1.13 bits per heavy atom. The zero-order chi connectivity index (χ0) is 27.9. The van der Waals surface area contributed by atoms with Crippen molar-refractivity contribution in [3.63, 3.8) is 0 Å². The molecule has 0 spiro atoms. The van der Waals surface area contributed by atoms with E-state index in [-0.39, 0.29) is 5.57 Å². The van der Waals surface area contributed by atoms with Crippen LogP contribution in [0.25, 0.3) is 0 Å². The Kier molecular flexibility index (Phi) is 4.87. The van der Waals surface area contributed by atoms with Crippen molar-refractivity contribution < 1.29 is 48.6 Å². The molecule has 12 atom stereocenters. The molecule has 10 nitrogen and oxygen atoms in total. The summed E-state index contributed by atoms with van der Waals surface area (Å²) >= 11 is 0. The molecule has 208 valence electrons. The fourth-order valence-electron chi connectivity index (χ4n) is 8.49. The van der Waals surface area contributed by atoms with Crippen LogP contribution in [0.3, 0.4) is 0 Å². The highest BCUT2D eigenvalue weighted by molar-refractivity contribution is 6.05. The SMILES string of the molecule is C=C(C)[C@]12O[C@@]3(c4ccccc4)O[C@H]1[C@H]1[C@@H]4O[C@@]4(CO)[C@@H](O)[C@]4(O)C(=O)C(C)=C[C@@H]4[C@@]1(O3)[C@@H](C)[C@H]2OC(C)=O. The molecule has 1 aromatic carbocycles. The zero-order valence-electron chi connectivity index (χ0n) is 22.1. The average molecular weight is 541 g/mol. The van der Waals surface area contributed by atoms with Crippen LogP contribution in [-0.2, 0) is 39.2 Å². The Labute approximate surface area is 225 Å². The summed E-state index contributed by atoms with van der Waals surface area (Å²) in [5.41, 5.74) is -5.65. The van der Waals surface area contributed by atoms with Crippen LogP contribution in [0.15, 0.2) is 54.1 Å². The first-order valence-corrected chi connectivity index (χ1v) is 13.3. The van der Waals surface area contributed by atoms with Crippen molar-refractivity contribution in [2.24, 2.45) is 17.8 Å². The number of ether oxygens (including phenoxy) is 5. The molecule has 0 amide bonds. The van der Waals surface area contributed by atoms with Crippen LogP contribution >= 0.6 is 0 Å². The Morgan fingerprint density at radius 3 is 2.44 bits per heavy atom. The summed E-state index contributed by atoms with van der Waals surface area (Å²) in [6.45, 7) is 10.0. The Morgan fingerprint density at radius 2 is 1.82 bits per heavy atom. The van der Waals surface area contributed by atoms with E-state index in [1.165, 1.54) is 6.92 Å². The molecule has 10 heteroatoms. The Bertz CT molecular complexity index is 1340. The minimum Gasteiger partial charge on any atom is -0.459 e. The molecule has 3 bridgehead atoms. The number of hydrogen-bond donors (Lipinski definition) is 3. The van der Waals surface area contributed by atoms with Crippen molar-refractivity contribution in [3.8, 4) is 0 Å². The molecule has 3 N–H and O–H groups in total. The number of aliphatic hydroxyl groups is 3. The van der Waals surface area contributed by atoms with Gasteiger partial charge in [-0.2, -0.15) is 0 Å². The van der Waals surface area contributed by atoms with Crippen LogP contribution in [0.2, 0.25) is 0 Å². The van der Waals surface area contributed by atoms with E-state index >= 15 is 0 Å². The summed E-state index contributed by atoms with van der Waals surface area (Å²) in [5, 5.41) is 34.4. The number of rotatable bonds is 4. The predicted molar refractivity (Wildman–Crippen MR) is 132 cm³/mol. The smallest absolute Gasteiger partial charge is 0.314 e. The Hall–Kier alpha value is -2.44. The largest absolute Gasteiger partial charge is 0.459 e. The second kappa shape index (κ2) is 7.44. The van der Waals surface area contributed by atoms with E-state index in [9.17, 15) is 24.9 Å². The number of epoxide rings is 1. The van der Waals surface area contributed by atoms with E-state index in [0.29, 0.717) is 11.1 Å². The molecule has 2 saturated carbocycles. The molecule has 6 aliphatic rings. The van der Waals surface area contributed by atoms with Gasteiger partial charge in [0.2, 0.25) is 0 Å². The lowest BCUT2D eigenvalue weighted by atomic mass is 9.53. The summed E-state index contributed by atoms with van der Waals surface area (Å²) in [4.78, 5) is 26.1. The van der Waals surface area contributed by atoms with Crippen molar-refractivity contribution in [3.05, 3.63) is 59.7 Å². The van der Waals surface area contributed by atoms with Crippen LogP contribution in [0.5, 0.6) is 0 Å². The zero-order valence-corrected chi connectivity index (χ0v) is 22.1. The number of Topliss-reactive ketones (excluding diaryl/α,β-unsaturated/α-hetero) is 1. The third-order valence-corrected chi connectivity index (χ3v) is 10.2. The van der Waals surface area contributed by atoms with E-state index in [0.717, 1.165) is 0 Å². The van der Waals surface area contributed by atoms with E-state index in [1.54, 1.807) is 44.2 Å². The highest BCUT2D eigenvalue weighted by Gasteiger charge is 2.90. The van der Waals surface area contributed by atoms with E-state index in [1.807, 2.05) is 13.0 Å². The van der Waals surface area contributed by atoms with Gasteiger partial charge in [-0.25, -0.2) is 0 Å². The van der Waals surface area contributed by atoms with Crippen LogP contribution < -0.4 is 0 Å². The molecule has 0 aromatic heterocycles. The number of carbonyl (C=O) groups is 2. The average Bonchev–Trinajstić information content (AvgIpc) is 3.53. The van der Waals surface area contributed by atoms with Crippen LogP contribution in [0, 0.1) is 17.8 Å². The monoisotopic (exact) mass is 540 g/mol. The lowest BCUT2D eigenvalue weighted by molar-refractivity contribution is -0.440. The van der Waals surface area contributed by atoms with Crippen LogP contribution in [0.1, 0.15) is 33.3 Å². The van der Waals surface area contributed by atoms with Crippen molar-refractivity contribution >= 4 is 11.8 Å². The highest BCUT2D eigenvalue weighted by Crippen LogP contribution is 2.74. The molecule has 0 radical (unpaired) electrons. The van der Waals surface area contributed by atoms with Gasteiger partial charge >= 0.3 is 11.9 Å². The summed E-state index contributed by atoms with van der Waals surface area (Å²) in [6.07, 6.45) is -2.91. The topological polar surface area (TPSA) is 144 Å². The minimum absolute atomic E-state index is 0.243. The molecular formula is C29H32O10. The first kappa shape index (κ1) is 25.5. The number of ketones is 1. The fourth-order valence-corrected chi connectivity index (χ4v) is 8.49. The standard InChI is InChI=1S/C29H32O10/c1-13(2)27-21(35-16(5)31)15(4)28-18-11-14(3)20(32)26(18,34)24(33)25(12-30)22(36-25)19(28)23(27)37-29(38-27,39-28)17-9-7-6-8-10-17/h6-11,15,18-19,21-24,30,33-34H,1,12H2,2-5H3/t15-,18-,19+,21+,22-,23-,24+,25+,26+,27+,28-,29+/m0/s1. The molecule has 7 rings (SSSR count). The maximum atomic E-state index is 13.6. The molecule has 3 saturated heterocycles. The maximum Gasteiger partial charge on any atom is 0.314 e. The van der Waals surface area contributed by atoms with E-state index < -0.39 is 88.9 Å². The van der Waals surface area contributed by atoms with Crippen LogP contribution in [0.4, 0.5) is 0 Å². The van der Waals surface area contributed by atoms with Gasteiger partial charge in [-0.3, -0.25) is 9.59 Å². The van der Waals surface area contributed by atoms with Crippen molar-refractivity contribution in [1.82, 2.24) is 0 Å². The first-order valence-electron chi connectivity index (χ1n) is 13.3. The van der Waals surface area contributed by atoms with E-state index in [4.69, 9.17) is 23.7 Å². The molecule has 5 fully saturated rings. The minimum atomic E-state index is -2.39. The van der Waals surface area contributed by atoms with Crippen molar-refractivity contribution in [2.75, 3.05) is 6.61 Å². The van der Waals surface area contributed by atoms with Gasteiger partial charge in [0.1, 0.15) is 30.0 Å².